The van der Waals surface area contributed by atoms with Gasteiger partial charge in [-0.05, 0) is 50.0 Å². The smallest absolute Gasteiger partial charge is 0.0970 e. The van der Waals surface area contributed by atoms with Crippen LogP contribution in [0.3, 0.4) is 0 Å². The van der Waals surface area contributed by atoms with Crippen molar-refractivity contribution >= 4 is 21.6 Å². The number of fused-ring (bicyclic) bond motifs is 1. The minimum absolute atomic E-state index is 0.680. The summed E-state index contributed by atoms with van der Waals surface area (Å²) in [7, 11) is 1.96. The van der Waals surface area contributed by atoms with Crippen LogP contribution in [0.4, 0.5) is 0 Å². The first-order valence-corrected chi connectivity index (χ1v) is 9.21. The van der Waals surface area contributed by atoms with Gasteiger partial charge in [-0.15, -0.1) is 11.3 Å². The third-order valence-corrected chi connectivity index (χ3v) is 6.49. The Kier molecular flexibility index (Phi) is 3.06. The first kappa shape index (κ1) is 13.7. The summed E-state index contributed by atoms with van der Waals surface area (Å²) in [6, 6.07) is 7.40. The molecular formula is C18H20N4S. The average molecular weight is 324 g/mol. The zero-order chi connectivity index (χ0) is 15.4. The second kappa shape index (κ2) is 5.14. The maximum absolute atomic E-state index is 4.89. The van der Waals surface area contributed by atoms with Crippen LogP contribution in [0, 0.1) is 0 Å². The van der Waals surface area contributed by atoms with Crippen LogP contribution in [-0.2, 0) is 7.05 Å². The summed E-state index contributed by atoms with van der Waals surface area (Å²) in [4.78, 5) is 7.52. The van der Waals surface area contributed by atoms with Crippen molar-refractivity contribution in [1.29, 1.82) is 0 Å². The van der Waals surface area contributed by atoms with Gasteiger partial charge in [-0.25, -0.2) is 4.98 Å². The molecule has 4 nitrogen and oxygen atoms in total. The average Bonchev–Trinajstić information content (AvgIpc) is 3.04. The molecule has 0 N–H and O–H groups in total. The van der Waals surface area contributed by atoms with Crippen molar-refractivity contribution in [3.05, 3.63) is 35.6 Å². The molecule has 0 unspecified atom stereocenters. The molecule has 3 aromatic rings. The second-order valence-corrected chi connectivity index (χ2v) is 7.91. The van der Waals surface area contributed by atoms with Crippen molar-refractivity contribution in [1.82, 2.24) is 19.7 Å². The molecule has 0 spiro atoms. The van der Waals surface area contributed by atoms with Crippen molar-refractivity contribution in [2.24, 2.45) is 7.05 Å². The van der Waals surface area contributed by atoms with Gasteiger partial charge >= 0.3 is 0 Å². The number of hydrogen-bond acceptors (Lipinski definition) is 4. The fourth-order valence-corrected chi connectivity index (χ4v) is 4.79. The molecule has 1 saturated heterocycles. The molecule has 118 valence electrons. The molecule has 1 aliphatic heterocycles. The highest BCUT2D eigenvalue weighted by Gasteiger charge is 2.37. The van der Waals surface area contributed by atoms with Gasteiger partial charge in [0.05, 0.1) is 21.4 Å². The number of thiazole rings is 1. The lowest BCUT2D eigenvalue weighted by molar-refractivity contribution is 0.0541. The summed E-state index contributed by atoms with van der Waals surface area (Å²) in [6.07, 6.45) is 7.98. The molecule has 0 radical (unpaired) electrons. The molecule has 2 aromatic heterocycles. The Morgan fingerprint density at radius 1 is 1.17 bits per heavy atom. The van der Waals surface area contributed by atoms with Crippen molar-refractivity contribution in [2.45, 2.75) is 31.2 Å². The van der Waals surface area contributed by atoms with E-state index in [-0.39, 0.29) is 0 Å². The Hall–Kier alpha value is -1.72. The van der Waals surface area contributed by atoms with Crippen molar-refractivity contribution in [3.63, 3.8) is 0 Å². The van der Waals surface area contributed by atoms with E-state index < -0.39 is 0 Å². The molecule has 1 aromatic carbocycles. The molecule has 1 saturated carbocycles. The minimum Gasteiger partial charge on any atom is -0.300 e. The van der Waals surface area contributed by atoms with Crippen LogP contribution in [0.1, 0.15) is 30.2 Å². The second-order valence-electron chi connectivity index (χ2n) is 6.85. The van der Waals surface area contributed by atoms with Gasteiger partial charge in [0.25, 0.3) is 0 Å². The Morgan fingerprint density at radius 3 is 2.74 bits per heavy atom. The number of aryl methyl sites for hydroxylation is 1. The quantitative estimate of drug-likeness (QED) is 0.737. The Morgan fingerprint density at radius 2 is 2.04 bits per heavy atom. The number of aromatic nitrogens is 3. The molecular weight excluding hydrogens is 304 g/mol. The molecule has 1 aliphatic carbocycles. The van der Waals surface area contributed by atoms with Gasteiger partial charge in [0.15, 0.2) is 0 Å². The van der Waals surface area contributed by atoms with Crippen LogP contribution < -0.4 is 0 Å². The zero-order valence-electron chi connectivity index (χ0n) is 13.3. The first-order valence-electron chi connectivity index (χ1n) is 8.40. The number of hydrogen-bond donors (Lipinski definition) is 0. The van der Waals surface area contributed by atoms with Crippen LogP contribution in [0.2, 0.25) is 0 Å². The highest BCUT2D eigenvalue weighted by atomic mass is 32.1. The van der Waals surface area contributed by atoms with E-state index in [1.54, 1.807) is 0 Å². The predicted molar refractivity (Wildman–Crippen MR) is 93.8 cm³/mol. The van der Waals surface area contributed by atoms with Crippen LogP contribution in [-0.4, -0.2) is 38.8 Å². The van der Waals surface area contributed by atoms with Gasteiger partial charge in [-0.1, -0.05) is 6.07 Å². The van der Waals surface area contributed by atoms with E-state index in [2.05, 4.69) is 34.4 Å². The topological polar surface area (TPSA) is 34.0 Å². The van der Waals surface area contributed by atoms with Gasteiger partial charge in [0, 0.05) is 30.8 Å². The maximum Gasteiger partial charge on any atom is 0.0970 e. The van der Waals surface area contributed by atoms with E-state index in [9.17, 15) is 0 Å². The van der Waals surface area contributed by atoms with E-state index >= 15 is 0 Å². The molecule has 5 rings (SSSR count). The predicted octanol–water partition coefficient (Wildman–Crippen LogP) is 3.65. The molecule has 2 aliphatic rings. The van der Waals surface area contributed by atoms with Crippen LogP contribution in [0.25, 0.3) is 21.3 Å². The Bertz CT molecular complexity index is 855. The molecule has 0 atom stereocenters. The van der Waals surface area contributed by atoms with Crippen LogP contribution in [0.15, 0.2) is 30.6 Å². The van der Waals surface area contributed by atoms with Gasteiger partial charge in [0.1, 0.15) is 0 Å². The Labute approximate surface area is 139 Å². The summed E-state index contributed by atoms with van der Waals surface area (Å²) in [6.45, 7) is 2.62. The molecule has 5 heteroatoms. The van der Waals surface area contributed by atoms with Crippen molar-refractivity contribution in [3.8, 4) is 11.1 Å². The van der Waals surface area contributed by atoms with E-state index in [4.69, 9.17) is 4.98 Å². The highest BCUT2D eigenvalue weighted by Crippen LogP contribution is 2.43. The summed E-state index contributed by atoms with van der Waals surface area (Å²) < 4.78 is 3.15. The highest BCUT2D eigenvalue weighted by molar-refractivity contribution is 7.18. The summed E-state index contributed by atoms with van der Waals surface area (Å²) >= 11 is 1.88. The third kappa shape index (κ3) is 2.30. The Balaban J connectivity index is 1.39. The van der Waals surface area contributed by atoms with Gasteiger partial charge in [0.2, 0.25) is 0 Å². The van der Waals surface area contributed by atoms with Gasteiger partial charge in [-0.2, -0.15) is 5.10 Å². The minimum atomic E-state index is 0.680. The van der Waals surface area contributed by atoms with Crippen molar-refractivity contribution < 1.29 is 0 Å². The summed E-state index contributed by atoms with van der Waals surface area (Å²) in [5.74, 6) is 0.680. The lowest BCUT2D eigenvalue weighted by atomic mass is 9.78. The van der Waals surface area contributed by atoms with E-state index in [0.717, 1.165) is 11.6 Å². The largest absolute Gasteiger partial charge is 0.300 e. The van der Waals surface area contributed by atoms with E-state index in [0.29, 0.717) is 5.92 Å². The molecule has 23 heavy (non-hydrogen) atoms. The fourth-order valence-electron chi connectivity index (χ4n) is 3.66. The summed E-state index contributed by atoms with van der Waals surface area (Å²) in [5, 5.41) is 5.60. The zero-order valence-corrected chi connectivity index (χ0v) is 14.1. The lowest BCUT2D eigenvalue weighted by Gasteiger charge is -2.46. The number of nitrogens with zero attached hydrogens (tertiary/aromatic N) is 4. The number of benzene rings is 1. The van der Waals surface area contributed by atoms with Crippen molar-refractivity contribution in [2.75, 3.05) is 13.1 Å². The lowest BCUT2D eigenvalue weighted by Crippen LogP contribution is -2.50. The van der Waals surface area contributed by atoms with E-state index in [1.165, 1.54) is 53.2 Å². The van der Waals surface area contributed by atoms with E-state index in [1.807, 2.05) is 29.3 Å². The standard InChI is InChI=1S/C18H20N4S/c1-21-11-14(10-19-21)12-3-4-16-17(9-12)23-18(20-16)13-7-15(8-13)22-5-2-6-22/h3-4,9-11,13,15H,2,5-8H2,1H3/t13-,15-. The first-order chi connectivity index (χ1) is 11.3. The summed E-state index contributed by atoms with van der Waals surface area (Å²) in [5.41, 5.74) is 3.55. The molecule has 2 fully saturated rings. The van der Waals surface area contributed by atoms with Crippen LogP contribution in [0.5, 0.6) is 0 Å². The normalized spacial score (nSPS) is 24.6. The molecule has 0 bridgehead atoms. The number of rotatable bonds is 3. The van der Waals surface area contributed by atoms with Gasteiger partial charge in [-0.3, -0.25) is 4.68 Å². The number of likely N-dealkylation sites (tertiary alicyclic amines) is 1. The third-order valence-electron chi connectivity index (χ3n) is 5.31. The van der Waals surface area contributed by atoms with Crippen LogP contribution >= 0.6 is 11.3 Å². The van der Waals surface area contributed by atoms with Gasteiger partial charge < -0.3 is 4.90 Å². The molecule has 3 heterocycles. The monoisotopic (exact) mass is 324 g/mol. The molecule has 0 amide bonds. The maximum atomic E-state index is 4.89. The fraction of sp³-hybridized carbons (Fsp3) is 0.444. The SMILES string of the molecule is Cn1cc(-c2ccc3nc([C@H]4C[C@H](N5CCC5)C4)sc3c2)cn1.